The molecule has 47 heavy (non-hydrogen) atoms. The van der Waals surface area contributed by atoms with Crippen molar-refractivity contribution >= 4 is 66.0 Å². The number of amides is 2. The van der Waals surface area contributed by atoms with E-state index >= 15 is 0 Å². The van der Waals surface area contributed by atoms with Crippen LogP contribution in [0.4, 0.5) is 0 Å². The molecule has 0 saturated carbocycles. The van der Waals surface area contributed by atoms with Crippen molar-refractivity contribution in [1.29, 1.82) is 0 Å². The van der Waals surface area contributed by atoms with Crippen molar-refractivity contribution in [2.24, 2.45) is 5.73 Å². The summed E-state index contributed by atoms with van der Waals surface area (Å²) >= 11 is 12.9. The Labute approximate surface area is 281 Å². The SMILES string of the molecule is NC(=O)CC1CN(S(=O)(=O)c2c(Cl)c3cc(Cl)ccc3n2S(=O)(=O)c2ccccc2)CCN1C(=O)c1ccc(-c2ccncc2)cc1. The molecule has 5 aromatic rings. The number of hydrogen-bond donors (Lipinski definition) is 1. The first-order valence-electron chi connectivity index (χ1n) is 14.3. The predicted molar refractivity (Wildman–Crippen MR) is 178 cm³/mol. The van der Waals surface area contributed by atoms with E-state index in [1.807, 2.05) is 12.1 Å². The lowest BCUT2D eigenvalue weighted by Gasteiger charge is -2.40. The molecule has 1 aliphatic heterocycles. The molecule has 1 aliphatic rings. The zero-order valence-electron chi connectivity index (χ0n) is 24.5. The van der Waals surface area contributed by atoms with Crippen LogP contribution in [0.25, 0.3) is 22.0 Å². The Morgan fingerprint density at radius 2 is 1.49 bits per heavy atom. The van der Waals surface area contributed by atoms with Crippen LogP contribution in [0.1, 0.15) is 16.8 Å². The number of carbonyl (C=O) groups is 2. The monoisotopic (exact) mass is 711 g/mol. The maximum Gasteiger partial charge on any atom is 0.269 e. The highest BCUT2D eigenvalue weighted by Crippen LogP contribution is 2.39. The second kappa shape index (κ2) is 12.7. The molecular formula is C32H27Cl2N5O6S2. The van der Waals surface area contributed by atoms with E-state index in [1.54, 1.807) is 42.7 Å². The zero-order valence-corrected chi connectivity index (χ0v) is 27.7. The van der Waals surface area contributed by atoms with E-state index in [2.05, 4.69) is 4.98 Å². The Bertz CT molecular complexity index is 2210. The lowest BCUT2D eigenvalue weighted by Crippen LogP contribution is -2.57. The highest BCUT2D eigenvalue weighted by molar-refractivity contribution is 7.92. The molecule has 15 heteroatoms. The molecule has 2 amide bonds. The van der Waals surface area contributed by atoms with Gasteiger partial charge in [-0.25, -0.2) is 20.8 Å². The van der Waals surface area contributed by atoms with Crippen LogP contribution in [-0.2, 0) is 24.8 Å². The normalized spacial score (nSPS) is 16.0. The van der Waals surface area contributed by atoms with E-state index < -0.39 is 42.9 Å². The quantitative estimate of drug-likeness (QED) is 0.246. The summed E-state index contributed by atoms with van der Waals surface area (Å²) in [6.07, 6.45) is 2.99. The summed E-state index contributed by atoms with van der Waals surface area (Å²) in [5, 5.41) is -0.666. The van der Waals surface area contributed by atoms with Gasteiger partial charge in [0.15, 0.2) is 5.03 Å². The number of benzene rings is 3. The fourth-order valence-electron chi connectivity index (χ4n) is 5.69. The summed E-state index contributed by atoms with van der Waals surface area (Å²) in [6, 6.07) is 21.2. The highest BCUT2D eigenvalue weighted by Gasteiger charge is 2.42. The predicted octanol–water partition coefficient (Wildman–Crippen LogP) is 4.64. The van der Waals surface area contributed by atoms with Gasteiger partial charge in [-0.2, -0.15) is 4.31 Å². The fraction of sp³-hybridized carbons (Fsp3) is 0.156. The van der Waals surface area contributed by atoms with Crippen LogP contribution in [0.15, 0.2) is 107 Å². The lowest BCUT2D eigenvalue weighted by molar-refractivity contribution is -0.119. The van der Waals surface area contributed by atoms with Gasteiger partial charge in [0.1, 0.15) is 0 Å². The van der Waals surface area contributed by atoms with Crippen molar-refractivity contribution in [2.75, 3.05) is 19.6 Å². The van der Waals surface area contributed by atoms with Crippen molar-refractivity contribution in [3.05, 3.63) is 113 Å². The third-order valence-corrected chi connectivity index (χ3v) is 12.4. The number of aromatic nitrogens is 2. The van der Waals surface area contributed by atoms with Gasteiger partial charge in [0, 0.05) is 54.4 Å². The van der Waals surface area contributed by atoms with Crippen molar-refractivity contribution in [1.82, 2.24) is 18.2 Å². The molecule has 1 fully saturated rings. The summed E-state index contributed by atoms with van der Waals surface area (Å²) in [7, 11) is -9.15. The van der Waals surface area contributed by atoms with Gasteiger partial charge in [-0.05, 0) is 65.7 Å². The molecule has 3 heterocycles. The highest BCUT2D eigenvalue weighted by atomic mass is 35.5. The number of sulfonamides is 1. The van der Waals surface area contributed by atoms with E-state index in [9.17, 15) is 26.4 Å². The van der Waals surface area contributed by atoms with Gasteiger partial charge < -0.3 is 10.6 Å². The van der Waals surface area contributed by atoms with Gasteiger partial charge in [0.25, 0.3) is 26.0 Å². The largest absolute Gasteiger partial charge is 0.370 e. The molecular weight excluding hydrogens is 685 g/mol. The van der Waals surface area contributed by atoms with Crippen LogP contribution in [-0.4, -0.2) is 72.5 Å². The van der Waals surface area contributed by atoms with E-state index in [0.29, 0.717) is 9.54 Å². The van der Waals surface area contributed by atoms with Crippen molar-refractivity contribution in [3.8, 4) is 11.1 Å². The first kappa shape index (κ1) is 32.7. The molecule has 1 saturated heterocycles. The Morgan fingerprint density at radius 3 is 2.15 bits per heavy atom. The molecule has 0 spiro atoms. The molecule has 1 atom stereocenters. The van der Waals surface area contributed by atoms with Crippen LogP contribution in [0.5, 0.6) is 0 Å². The minimum absolute atomic E-state index is 0.0135. The second-order valence-corrected chi connectivity index (χ2v) is 15.3. The van der Waals surface area contributed by atoms with Gasteiger partial charge in [0.05, 0.1) is 21.5 Å². The Kier molecular flexibility index (Phi) is 8.85. The number of halogens is 2. The van der Waals surface area contributed by atoms with E-state index in [-0.39, 0.29) is 51.9 Å². The number of hydrogen-bond acceptors (Lipinski definition) is 7. The molecule has 242 valence electrons. The summed E-state index contributed by atoms with van der Waals surface area (Å²) in [4.78, 5) is 31.1. The molecule has 1 unspecified atom stereocenters. The van der Waals surface area contributed by atoms with Crippen molar-refractivity contribution in [3.63, 3.8) is 0 Å². The number of nitrogens with two attached hydrogens (primary N) is 1. The van der Waals surface area contributed by atoms with Gasteiger partial charge in [0.2, 0.25) is 5.91 Å². The smallest absolute Gasteiger partial charge is 0.269 e. The molecule has 0 radical (unpaired) electrons. The topological polar surface area (TPSA) is 153 Å². The minimum Gasteiger partial charge on any atom is -0.370 e. The fourth-order valence-corrected chi connectivity index (χ4v) is 10.0. The van der Waals surface area contributed by atoms with Gasteiger partial charge >= 0.3 is 0 Å². The Hall–Kier alpha value is -4.27. The summed E-state index contributed by atoms with van der Waals surface area (Å²) in [6.45, 7) is -0.643. The van der Waals surface area contributed by atoms with Crippen molar-refractivity contribution < 1.29 is 26.4 Å². The average Bonchev–Trinajstić information content (AvgIpc) is 3.37. The van der Waals surface area contributed by atoms with Gasteiger partial charge in [-0.3, -0.25) is 14.6 Å². The van der Waals surface area contributed by atoms with E-state index in [0.717, 1.165) is 15.4 Å². The Morgan fingerprint density at radius 1 is 0.830 bits per heavy atom. The van der Waals surface area contributed by atoms with Gasteiger partial charge in [-0.1, -0.05) is 53.5 Å². The maximum atomic E-state index is 14.4. The average molecular weight is 713 g/mol. The first-order valence-corrected chi connectivity index (χ1v) is 17.9. The number of piperazine rings is 1. The molecule has 2 aromatic heterocycles. The summed E-state index contributed by atoms with van der Waals surface area (Å²) < 4.78 is 58.5. The third-order valence-electron chi connectivity index (χ3n) is 7.94. The molecule has 2 N–H and O–H groups in total. The lowest BCUT2D eigenvalue weighted by atomic mass is 10.0. The molecule has 3 aromatic carbocycles. The summed E-state index contributed by atoms with van der Waals surface area (Å²) in [5.74, 6) is -1.16. The van der Waals surface area contributed by atoms with E-state index in [4.69, 9.17) is 28.9 Å². The van der Waals surface area contributed by atoms with Crippen LogP contribution in [0.3, 0.4) is 0 Å². The first-order chi connectivity index (χ1) is 22.4. The second-order valence-electron chi connectivity index (χ2n) is 10.9. The van der Waals surface area contributed by atoms with Crippen LogP contribution in [0, 0.1) is 0 Å². The minimum atomic E-state index is -4.66. The zero-order chi connectivity index (χ0) is 33.5. The van der Waals surface area contributed by atoms with Gasteiger partial charge in [-0.15, -0.1) is 0 Å². The Balaban J connectivity index is 1.37. The summed E-state index contributed by atoms with van der Waals surface area (Å²) in [5.41, 5.74) is 7.67. The number of carbonyl (C=O) groups excluding carboxylic acids is 2. The number of nitrogens with zero attached hydrogens (tertiary/aromatic N) is 4. The number of fused-ring (bicyclic) bond motifs is 1. The van der Waals surface area contributed by atoms with Crippen LogP contribution >= 0.6 is 23.2 Å². The third kappa shape index (κ3) is 6.12. The molecule has 11 nitrogen and oxygen atoms in total. The standard InChI is InChI=1S/C32H27Cl2N5O6S2/c33-24-10-11-28-27(18-24)30(34)32(39(28)46(42,43)26-4-2-1-3-5-26)47(44,45)37-16-17-38(25(20-37)19-29(35)40)31(41)23-8-6-21(7-9-23)22-12-14-36-15-13-22/h1-15,18,25H,16-17,19-20H2,(H2,35,40). The van der Waals surface area contributed by atoms with E-state index in [1.165, 1.54) is 47.4 Å². The molecule has 0 bridgehead atoms. The van der Waals surface area contributed by atoms with Crippen molar-refractivity contribution in [2.45, 2.75) is 22.4 Å². The number of pyridine rings is 1. The number of rotatable bonds is 8. The molecule has 6 rings (SSSR count). The number of primary amides is 1. The maximum absolute atomic E-state index is 14.4. The van der Waals surface area contributed by atoms with Crippen LogP contribution in [0.2, 0.25) is 10.0 Å². The van der Waals surface area contributed by atoms with Crippen LogP contribution < -0.4 is 5.73 Å². The molecule has 0 aliphatic carbocycles.